The molecule has 2 rings (SSSR count). The first kappa shape index (κ1) is 15.8. The van der Waals surface area contributed by atoms with Gasteiger partial charge in [0.1, 0.15) is 0 Å². The lowest BCUT2D eigenvalue weighted by atomic mass is 10.2. The fourth-order valence-corrected chi connectivity index (χ4v) is 3.08. The average Bonchev–Trinajstić information content (AvgIpc) is 2.42. The van der Waals surface area contributed by atoms with E-state index in [1.165, 1.54) is 19.1 Å². The topological polar surface area (TPSA) is 89.3 Å². The van der Waals surface area contributed by atoms with E-state index >= 15 is 0 Å². The zero-order valence-electron chi connectivity index (χ0n) is 11.2. The Hall–Kier alpha value is -2.55. The summed E-state index contributed by atoms with van der Waals surface area (Å²) in [7, 11) is -4.17. The molecular weight excluding hydrogens is 318 g/mol. The Kier molecular flexibility index (Phi) is 4.09. The number of nitrogens with zero attached hydrogens (tertiary/aromatic N) is 1. The van der Waals surface area contributed by atoms with Crippen LogP contribution in [0, 0.1) is 28.7 Å². The van der Waals surface area contributed by atoms with Crippen molar-refractivity contribution in [1.29, 1.82) is 0 Å². The molecule has 0 saturated carbocycles. The monoisotopic (exact) mass is 328 g/mol. The number of non-ortho nitro benzene ring substituents is 1. The van der Waals surface area contributed by atoms with Gasteiger partial charge in [0.05, 0.1) is 15.5 Å². The quantitative estimate of drug-likeness (QED) is 0.690. The molecule has 0 aromatic heterocycles. The summed E-state index contributed by atoms with van der Waals surface area (Å²) in [5, 5.41) is 10.7. The predicted octanol–water partition coefficient (Wildman–Crippen LogP) is 2.98. The number of nitro benzene ring substituents is 1. The van der Waals surface area contributed by atoms with Gasteiger partial charge in [0.2, 0.25) is 0 Å². The normalized spacial score (nSPS) is 11.2. The Bertz CT molecular complexity index is 853. The Morgan fingerprint density at radius 2 is 1.77 bits per heavy atom. The van der Waals surface area contributed by atoms with E-state index in [0.29, 0.717) is 6.07 Å². The van der Waals surface area contributed by atoms with Crippen LogP contribution in [0.3, 0.4) is 0 Å². The summed E-state index contributed by atoms with van der Waals surface area (Å²) in [6, 6.07) is 5.86. The van der Waals surface area contributed by atoms with E-state index in [0.717, 1.165) is 18.2 Å². The molecule has 0 spiro atoms. The van der Waals surface area contributed by atoms with E-state index in [1.54, 1.807) is 0 Å². The maximum absolute atomic E-state index is 13.1. The molecule has 0 fully saturated rings. The summed E-state index contributed by atoms with van der Waals surface area (Å²) < 4.78 is 52.5. The minimum Gasteiger partial charge on any atom is -0.280 e. The zero-order valence-corrected chi connectivity index (χ0v) is 12.0. The van der Waals surface area contributed by atoms with E-state index in [-0.39, 0.29) is 16.1 Å². The highest BCUT2D eigenvalue weighted by Crippen LogP contribution is 2.24. The van der Waals surface area contributed by atoms with Gasteiger partial charge in [-0.25, -0.2) is 17.2 Å². The van der Waals surface area contributed by atoms with E-state index < -0.39 is 32.3 Å². The van der Waals surface area contributed by atoms with Crippen LogP contribution in [0.1, 0.15) is 5.56 Å². The van der Waals surface area contributed by atoms with Crippen LogP contribution in [0.2, 0.25) is 0 Å². The number of hydrogen-bond donors (Lipinski definition) is 1. The number of benzene rings is 2. The first-order valence-electron chi connectivity index (χ1n) is 5.93. The number of sulfonamides is 1. The van der Waals surface area contributed by atoms with Gasteiger partial charge < -0.3 is 0 Å². The molecule has 0 amide bonds. The van der Waals surface area contributed by atoms with E-state index in [1.807, 2.05) is 0 Å². The van der Waals surface area contributed by atoms with Crippen molar-refractivity contribution in [2.24, 2.45) is 0 Å². The number of aryl methyl sites for hydroxylation is 1. The van der Waals surface area contributed by atoms with Crippen LogP contribution in [-0.2, 0) is 10.0 Å². The molecule has 0 bridgehead atoms. The standard InChI is InChI=1S/C13H10F2N2O4S/c1-8-2-4-10(17(18)19)7-13(8)22(20,21)16-9-3-5-11(14)12(15)6-9/h2-7,16H,1H3. The van der Waals surface area contributed by atoms with Crippen molar-refractivity contribution in [3.63, 3.8) is 0 Å². The highest BCUT2D eigenvalue weighted by atomic mass is 32.2. The second kappa shape index (κ2) is 5.68. The van der Waals surface area contributed by atoms with Crippen molar-refractivity contribution in [2.45, 2.75) is 11.8 Å². The van der Waals surface area contributed by atoms with E-state index in [4.69, 9.17) is 0 Å². The molecule has 116 valence electrons. The molecule has 0 aliphatic carbocycles. The minimum atomic E-state index is -4.17. The molecule has 0 radical (unpaired) electrons. The Labute approximate surface area is 124 Å². The number of nitrogens with one attached hydrogen (secondary N) is 1. The lowest BCUT2D eigenvalue weighted by Gasteiger charge is -2.10. The summed E-state index contributed by atoms with van der Waals surface area (Å²) in [6.07, 6.45) is 0. The molecule has 9 heteroatoms. The third-order valence-electron chi connectivity index (χ3n) is 2.84. The first-order valence-corrected chi connectivity index (χ1v) is 7.42. The zero-order chi connectivity index (χ0) is 16.5. The van der Waals surface area contributed by atoms with E-state index in [9.17, 15) is 27.3 Å². The number of rotatable bonds is 4. The number of halogens is 2. The maximum atomic E-state index is 13.1. The SMILES string of the molecule is Cc1ccc([N+](=O)[O-])cc1S(=O)(=O)Nc1ccc(F)c(F)c1. The summed E-state index contributed by atoms with van der Waals surface area (Å²) in [5.74, 6) is -2.33. The minimum absolute atomic E-state index is 0.190. The number of hydrogen-bond acceptors (Lipinski definition) is 4. The second-order valence-electron chi connectivity index (χ2n) is 4.44. The largest absolute Gasteiger partial charge is 0.280 e. The molecule has 22 heavy (non-hydrogen) atoms. The van der Waals surface area contributed by atoms with Crippen LogP contribution in [0.4, 0.5) is 20.2 Å². The van der Waals surface area contributed by atoms with Gasteiger partial charge >= 0.3 is 0 Å². The summed E-state index contributed by atoms with van der Waals surface area (Å²) in [6.45, 7) is 1.46. The summed E-state index contributed by atoms with van der Waals surface area (Å²) in [4.78, 5) is 9.69. The lowest BCUT2D eigenvalue weighted by Crippen LogP contribution is -2.14. The highest BCUT2D eigenvalue weighted by Gasteiger charge is 2.21. The predicted molar refractivity (Wildman–Crippen MR) is 75.0 cm³/mol. The van der Waals surface area contributed by atoms with Gasteiger partial charge in [0.15, 0.2) is 11.6 Å². The number of nitro groups is 1. The third-order valence-corrected chi connectivity index (χ3v) is 4.37. The Balaban J connectivity index is 2.44. The van der Waals surface area contributed by atoms with Gasteiger partial charge in [0, 0.05) is 18.2 Å². The van der Waals surface area contributed by atoms with Gasteiger partial charge in [-0.15, -0.1) is 0 Å². The molecule has 0 saturated heterocycles. The summed E-state index contributed by atoms with van der Waals surface area (Å²) >= 11 is 0. The molecular formula is C13H10F2N2O4S. The molecule has 0 heterocycles. The van der Waals surface area contributed by atoms with Crippen molar-refractivity contribution in [3.8, 4) is 0 Å². The smallest absolute Gasteiger partial charge is 0.270 e. The second-order valence-corrected chi connectivity index (χ2v) is 6.09. The first-order chi connectivity index (χ1) is 10.2. The third kappa shape index (κ3) is 3.19. The molecule has 0 aliphatic rings. The molecule has 0 unspecified atom stereocenters. The van der Waals surface area contributed by atoms with Crippen LogP contribution >= 0.6 is 0 Å². The molecule has 0 aliphatic heterocycles. The fourth-order valence-electron chi connectivity index (χ4n) is 1.76. The lowest BCUT2D eigenvalue weighted by molar-refractivity contribution is -0.385. The molecule has 0 atom stereocenters. The Morgan fingerprint density at radius 3 is 2.36 bits per heavy atom. The van der Waals surface area contributed by atoms with Crippen molar-refractivity contribution in [1.82, 2.24) is 0 Å². The van der Waals surface area contributed by atoms with Crippen molar-refractivity contribution >= 4 is 21.4 Å². The summed E-state index contributed by atoms with van der Waals surface area (Å²) in [5.41, 5.74) is -0.304. The molecule has 2 aromatic rings. The van der Waals surface area contributed by atoms with Crippen molar-refractivity contribution in [2.75, 3.05) is 4.72 Å². The number of anilines is 1. The van der Waals surface area contributed by atoms with E-state index in [2.05, 4.69) is 4.72 Å². The fraction of sp³-hybridized carbons (Fsp3) is 0.0769. The van der Waals surface area contributed by atoms with Crippen molar-refractivity contribution in [3.05, 3.63) is 63.7 Å². The van der Waals surface area contributed by atoms with Crippen LogP contribution in [0.5, 0.6) is 0 Å². The molecule has 6 nitrogen and oxygen atoms in total. The Morgan fingerprint density at radius 1 is 1.09 bits per heavy atom. The van der Waals surface area contributed by atoms with Gasteiger partial charge in [0.25, 0.3) is 15.7 Å². The van der Waals surface area contributed by atoms with Crippen molar-refractivity contribution < 1.29 is 22.1 Å². The van der Waals surface area contributed by atoms with Gasteiger partial charge in [-0.3, -0.25) is 14.8 Å². The molecule has 2 aromatic carbocycles. The van der Waals surface area contributed by atoms with Crippen LogP contribution in [0.15, 0.2) is 41.3 Å². The molecule has 1 N–H and O–H groups in total. The van der Waals surface area contributed by atoms with Crippen LogP contribution < -0.4 is 4.72 Å². The van der Waals surface area contributed by atoms with Crippen LogP contribution in [0.25, 0.3) is 0 Å². The van der Waals surface area contributed by atoms with Crippen LogP contribution in [-0.4, -0.2) is 13.3 Å². The van der Waals surface area contributed by atoms with Gasteiger partial charge in [-0.2, -0.15) is 0 Å². The van der Waals surface area contributed by atoms with Gasteiger partial charge in [-0.1, -0.05) is 6.07 Å². The van der Waals surface area contributed by atoms with Gasteiger partial charge in [-0.05, 0) is 24.6 Å². The highest BCUT2D eigenvalue weighted by molar-refractivity contribution is 7.92. The maximum Gasteiger partial charge on any atom is 0.270 e. The average molecular weight is 328 g/mol.